The number of hydrogen-bond donors (Lipinski definition) is 0. The molecule has 3 rings (SSSR count). The van der Waals surface area contributed by atoms with Crippen molar-refractivity contribution in [1.82, 2.24) is 4.90 Å². The molecule has 2 fully saturated rings. The SMILES string of the molecule is CC(C)(C)OC(=O)CCC[N+](C)(C)CCN1C(=O)[C@@H]2[C@H](C1=O)[C@H]1C=C[C@@H]2O1. The molecule has 0 radical (unpaired) electrons. The minimum absolute atomic E-state index is 0.101. The Bertz CT molecular complexity index is 634. The summed E-state index contributed by atoms with van der Waals surface area (Å²) in [7, 11) is 4.10. The standard InChI is InChI=1S/C20H31N2O5/c1-20(2,3)27-15(23)7-6-11-22(4,5)12-10-21-18(24)16-13-8-9-14(26-13)17(16)19(21)25/h8-9,13-14,16-17H,6-7,10-12H2,1-5H3/q+1/t13-,14+,16-,17+. The summed E-state index contributed by atoms with van der Waals surface area (Å²) in [5.41, 5.74) is -0.464. The maximum absolute atomic E-state index is 12.7. The Morgan fingerprint density at radius 2 is 1.67 bits per heavy atom. The zero-order valence-corrected chi connectivity index (χ0v) is 16.9. The van der Waals surface area contributed by atoms with Gasteiger partial charge in [-0.05, 0) is 20.8 Å². The van der Waals surface area contributed by atoms with Crippen LogP contribution in [-0.4, -0.2) is 78.7 Å². The van der Waals surface area contributed by atoms with Crippen LogP contribution in [0.5, 0.6) is 0 Å². The Balaban J connectivity index is 1.46. The van der Waals surface area contributed by atoms with E-state index in [1.54, 1.807) is 0 Å². The normalized spacial score (nSPS) is 29.6. The van der Waals surface area contributed by atoms with Gasteiger partial charge in [-0.1, -0.05) is 12.2 Å². The van der Waals surface area contributed by atoms with Crippen LogP contribution in [0.2, 0.25) is 0 Å². The predicted octanol–water partition coefficient (Wildman–Crippen LogP) is 1.12. The zero-order valence-electron chi connectivity index (χ0n) is 16.9. The molecule has 0 spiro atoms. The van der Waals surface area contributed by atoms with Crippen LogP contribution < -0.4 is 0 Å². The fourth-order valence-corrected chi connectivity index (χ4v) is 4.11. The molecule has 7 nitrogen and oxygen atoms in total. The Labute approximate surface area is 160 Å². The maximum atomic E-state index is 12.7. The molecule has 2 bridgehead atoms. The first-order chi connectivity index (χ1) is 12.5. The van der Waals surface area contributed by atoms with Gasteiger partial charge in [0.15, 0.2) is 0 Å². The van der Waals surface area contributed by atoms with Gasteiger partial charge >= 0.3 is 5.97 Å². The largest absolute Gasteiger partial charge is 0.460 e. The van der Waals surface area contributed by atoms with Gasteiger partial charge in [-0.25, -0.2) is 0 Å². The molecule has 150 valence electrons. The van der Waals surface area contributed by atoms with E-state index in [-0.39, 0.29) is 41.8 Å². The highest BCUT2D eigenvalue weighted by Crippen LogP contribution is 2.44. The molecule has 0 N–H and O–H groups in total. The Kier molecular flexibility index (Phi) is 5.20. The number of imide groups is 1. The van der Waals surface area contributed by atoms with Crippen LogP contribution in [0.3, 0.4) is 0 Å². The van der Waals surface area contributed by atoms with E-state index in [0.29, 0.717) is 30.4 Å². The number of likely N-dealkylation sites (tertiary alicyclic amines) is 1. The van der Waals surface area contributed by atoms with E-state index in [1.165, 1.54) is 4.90 Å². The quantitative estimate of drug-likeness (QED) is 0.287. The fourth-order valence-electron chi connectivity index (χ4n) is 4.11. The molecule has 27 heavy (non-hydrogen) atoms. The number of carbonyl (C=O) groups excluding carboxylic acids is 3. The highest BCUT2D eigenvalue weighted by Gasteiger charge is 2.60. The van der Waals surface area contributed by atoms with Gasteiger partial charge in [-0.2, -0.15) is 0 Å². The summed E-state index contributed by atoms with van der Waals surface area (Å²) in [5, 5.41) is 0. The van der Waals surface area contributed by atoms with Crippen molar-refractivity contribution >= 4 is 17.8 Å². The zero-order chi connectivity index (χ0) is 20.0. The summed E-state index contributed by atoms with van der Waals surface area (Å²) in [6.45, 7) is 7.42. The van der Waals surface area contributed by atoms with E-state index in [2.05, 4.69) is 14.1 Å². The third kappa shape index (κ3) is 4.24. The van der Waals surface area contributed by atoms with Crippen molar-refractivity contribution < 1.29 is 28.3 Å². The molecule has 3 heterocycles. The molecule has 0 aromatic carbocycles. The van der Waals surface area contributed by atoms with Gasteiger partial charge in [0, 0.05) is 6.42 Å². The van der Waals surface area contributed by atoms with Crippen LogP contribution in [0.4, 0.5) is 0 Å². The van der Waals surface area contributed by atoms with Crippen LogP contribution in [0.25, 0.3) is 0 Å². The monoisotopic (exact) mass is 379 g/mol. The first kappa shape index (κ1) is 20.0. The number of amides is 2. The average molecular weight is 379 g/mol. The second kappa shape index (κ2) is 7.02. The Hall–Kier alpha value is -1.73. The smallest absolute Gasteiger partial charge is 0.306 e. The van der Waals surface area contributed by atoms with Gasteiger partial charge in [-0.15, -0.1) is 0 Å². The summed E-state index contributed by atoms with van der Waals surface area (Å²) in [5.74, 6) is -1.07. The molecule has 2 amide bonds. The topological polar surface area (TPSA) is 72.9 Å². The lowest BCUT2D eigenvalue weighted by Crippen LogP contribution is -2.48. The van der Waals surface area contributed by atoms with E-state index in [0.717, 1.165) is 6.54 Å². The summed E-state index contributed by atoms with van der Waals surface area (Å²) in [4.78, 5) is 38.6. The number of ether oxygens (including phenoxy) is 2. The lowest BCUT2D eigenvalue weighted by molar-refractivity contribution is -0.889. The number of fused-ring (bicyclic) bond motifs is 5. The van der Waals surface area contributed by atoms with Crippen molar-refractivity contribution in [3.8, 4) is 0 Å². The molecule has 3 aliphatic heterocycles. The second-order valence-corrected chi connectivity index (χ2v) is 9.40. The minimum Gasteiger partial charge on any atom is -0.460 e. The molecule has 7 heteroatoms. The van der Waals surface area contributed by atoms with Crippen LogP contribution in [0.1, 0.15) is 33.6 Å². The van der Waals surface area contributed by atoms with Gasteiger partial charge in [0.1, 0.15) is 5.60 Å². The lowest BCUT2D eigenvalue weighted by Gasteiger charge is -2.31. The highest BCUT2D eigenvalue weighted by atomic mass is 16.6. The number of esters is 1. The van der Waals surface area contributed by atoms with Gasteiger partial charge in [0.2, 0.25) is 11.8 Å². The number of hydrogen-bond acceptors (Lipinski definition) is 5. The Morgan fingerprint density at radius 1 is 1.11 bits per heavy atom. The van der Waals surface area contributed by atoms with Crippen LogP contribution in [0.15, 0.2) is 12.2 Å². The van der Waals surface area contributed by atoms with Crippen molar-refractivity contribution in [2.75, 3.05) is 33.7 Å². The molecule has 3 aliphatic rings. The van der Waals surface area contributed by atoms with E-state index in [4.69, 9.17) is 9.47 Å². The van der Waals surface area contributed by atoms with Crippen molar-refractivity contribution in [3.63, 3.8) is 0 Å². The first-order valence-corrected chi connectivity index (χ1v) is 9.71. The lowest BCUT2D eigenvalue weighted by atomic mass is 9.85. The van der Waals surface area contributed by atoms with Gasteiger partial charge in [0.05, 0.1) is 64.2 Å². The number of nitrogens with zero attached hydrogens (tertiary/aromatic N) is 2. The Morgan fingerprint density at radius 3 is 2.19 bits per heavy atom. The molecular weight excluding hydrogens is 348 g/mol. The predicted molar refractivity (Wildman–Crippen MR) is 98.4 cm³/mol. The van der Waals surface area contributed by atoms with Crippen LogP contribution >= 0.6 is 0 Å². The number of quaternary nitrogens is 1. The summed E-state index contributed by atoms with van der Waals surface area (Å²) in [6.07, 6.45) is 4.40. The van der Waals surface area contributed by atoms with Crippen molar-refractivity contribution in [2.24, 2.45) is 11.8 Å². The molecule has 4 atom stereocenters. The number of likely N-dealkylation sites (N-methyl/N-ethyl adjacent to an activating group) is 1. The van der Waals surface area contributed by atoms with Crippen molar-refractivity contribution in [1.29, 1.82) is 0 Å². The van der Waals surface area contributed by atoms with Crippen LogP contribution in [-0.2, 0) is 23.9 Å². The highest BCUT2D eigenvalue weighted by molar-refractivity contribution is 6.06. The van der Waals surface area contributed by atoms with Gasteiger partial charge in [-0.3, -0.25) is 19.3 Å². The summed E-state index contributed by atoms with van der Waals surface area (Å²) >= 11 is 0. The molecular formula is C20H31N2O5+. The van der Waals surface area contributed by atoms with E-state index >= 15 is 0 Å². The number of rotatable bonds is 7. The van der Waals surface area contributed by atoms with Gasteiger partial charge in [0.25, 0.3) is 0 Å². The molecule has 0 unspecified atom stereocenters. The third-order valence-electron chi connectivity index (χ3n) is 5.50. The molecule has 2 saturated heterocycles. The summed E-state index contributed by atoms with van der Waals surface area (Å²) < 4.78 is 11.6. The molecule has 0 saturated carbocycles. The van der Waals surface area contributed by atoms with E-state index < -0.39 is 5.60 Å². The van der Waals surface area contributed by atoms with Crippen LogP contribution in [0, 0.1) is 11.8 Å². The summed E-state index contributed by atoms with van der Waals surface area (Å²) in [6, 6.07) is 0. The second-order valence-electron chi connectivity index (χ2n) is 9.40. The fraction of sp³-hybridized carbons (Fsp3) is 0.750. The first-order valence-electron chi connectivity index (χ1n) is 9.71. The van der Waals surface area contributed by atoms with E-state index in [9.17, 15) is 14.4 Å². The van der Waals surface area contributed by atoms with Crippen molar-refractivity contribution in [3.05, 3.63) is 12.2 Å². The van der Waals surface area contributed by atoms with Gasteiger partial charge < -0.3 is 14.0 Å². The minimum atomic E-state index is -0.464. The average Bonchev–Trinajstić information content (AvgIpc) is 3.18. The molecule has 0 aromatic heterocycles. The maximum Gasteiger partial charge on any atom is 0.306 e. The number of carbonyl (C=O) groups is 3. The third-order valence-corrected chi connectivity index (χ3v) is 5.50. The molecule has 0 aliphatic carbocycles. The van der Waals surface area contributed by atoms with Crippen molar-refractivity contribution in [2.45, 2.75) is 51.4 Å². The molecule has 0 aromatic rings. The van der Waals surface area contributed by atoms with E-state index in [1.807, 2.05) is 32.9 Å².